The van der Waals surface area contributed by atoms with E-state index in [1.807, 2.05) is 0 Å². The summed E-state index contributed by atoms with van der Waals surface area (Å²) >= 11 is 0. The van der Waals surface area contributed by atoms with E-state index >= 15 is 0 Å². The van der Waals surface area contributed by atoms with Gasteiger partial charge in [-0.1, -0.05) is 13.8 Å². The summed E-state index contributed by atoms with van der Waals surface area (Å²) in [6, 6.07) is 2.07. The smallest absolute Gasteiger partial charge is 0.243 e. The Morgan fingerprint density at radius 3 is 2.24 bits per heavy atom. The minimum Gasteiger partial charge on any atom is -0.329 e. The summed E-state index contributed by atoms with van der Waals surface area (Å²) in [4.78, 5) is -0.970. The summed E-state index contributed by atoms with van der Waals surface area (Å²) in [6.07, 6.45) is 0.918. The van der Waals surface area contributed by atoms with Crippen molar-refractivity contribution in [1.82, 2.24) is 4.72 Å². The average molecular weight is 338 g/mol. The number of nitrogens with one attached hydrogen (secondary N) is 1. The third kappa shape index (κ3) is 4.47. The second-order valence-electron chi connectivity index (χ2n) is 5.07. The summed E-state index contributed by atoms with van der Waals surface area (Å²) < 4.78 is 63.4. The maximum absolute atomic E-state index is 13.8. The van der Waals surface area contributed by atoms with Crippen LogP contribution in [0.4, 0.5) is 4.39 Å². The third-order valence-corrected chi connectivity index (χ3v) is 5.60. The molecule has 0 saturated heterocycles. The van der Waals surface area contributed by atoms with Crippen molar-refractivity contribution in [2.24, 2.45) is 11.7 Å². The van der Waals surface area contributed by atoms with Crippen LogP contribution < -0.4 is 10.5 Å². The highest BCUT2D eigenvalue weighted by Crippen LogP contribution is 2.20. The fourth-order valence-electron chi connectivity index (χ4n) is 1.64. The predicted molar refractivity (Wildman–Crippen MR) is 77.5 cm³/mol. The second kappa shape index (κ2) is 6.39. The van der Waals surface area contributed by atoms with Gasteiger partial charge < -0.3 is 5.73 Å². The first-order valence-corrected chi connectivity index (χ1v) is 9.58. The molecule has 0 aliphatic rings. The van der Waals surface area contributed by atoms with Gasteiger partial charge in [-0.3, -0.25) is 0 Å². The van der Waals surface area contributed by atoms with Crippen LogP contribution in [0.3, 0.4) is 0 Å². The number of rotatable bonds is 6. The van der Waals surface area contributed by atoms with Gasteiger partial charge in [-0.2, -0.15) is 0 Å². The van der Waals surface area contributed by atoms with Crippen molar-refractivity contribution >= 4 is 19.9 Å². The molecule has 1 aromatic carbocycles. The van der Waals surface area contributed by atoms with Gasteiger partial charge in [0.1, 0.15) is 10.7 Å². The summed E-state index contributed by atoms with van der Waals surface area (Å²) in [5.41, 5.74) is 5.48. The fraction of sp³-hybridized carbons (Fsp3) is 0.500. The van der Waals surface area contributed by atoms with Crippen molar-refractivity contribution in [3.8, 4) is 0 Å². The van der Waals surface area contributed by atoms with Crippen molar-refractivity contribution in [2.75, 3.05) is 12.8 Å². The molecule has 0 saturated carbocycles. The Morgan fingerprint density at radius 1 is 1.24 bits per heavy atom. The van der Waals surface area contributed by atoms with Crippen molar-refractivity contribution in [2.45, 2.75) is 29.7 Å². The predicted octanol–water partition coefficient (Wildman–Crippen LogP) is 0.491. The van der Waals surface area contributed by atoms with Gasteiger partial charge in [-0.15, -0.1) is 0 Å². The molecule has 0 spiro atoms. The second-order valence-corrected chi connectivity index (χ2v) is 8.77. The molecule has 21 heavy (non-hydrogen) atoms. The van der Waals surface area contributed by atoms with Gasteiger partial charge in [0.25, 0.3) is 0 Å². The van der Waals surface area contributed by atoms with E-state index in [1.54, 1.807) is 13.8 Å². The van der Waals surface area contributed by atoms with Gasteiger partial charge in [0.2, 0.25) is 10.0 Å². The molecule has 6 nitrogen and oxygen atoms in total. The van der Waals surface area contributed by atoms with E-state index in [4.69, 9.17) is 5.73 Å². The number of sulfone groups is 1. The maximum Gasteiger partial charge on any atom is 0.243 e. The summed E-state index contributed by atoms with van der Waals surface area (Å²) in [5.74, 6) is -1.11. The lowest BCUT2D eigenvalue weighted by molar-refractivity contribution is 0.452. The van der Waals surface area contributed by atoms with Crippen LogP contribution in [-0.2, 0) is 19.9 Å². The number of halogens is 1. The Balaban J connectivity index is 3.31. The molecule has 0 aliphatic heterocycles. The number of hydrogen-bond donors (Lipinski definition) is 2. The first-order valence-electron chi connectivity index (χ1n) is 6.21. The molecule has 0 radical (unpaired) electrons. The first kappa shape index (κ1) is 18.0. The molecule has 3 N–H and O–H groups in total. The SMILES string of the molecule is CC(C)C(CN)NS(=O)(=O)c1cc(S(C)(=O)=O)ccc1F. The van der Waals surface area contributed by atoms with E-state index in [0.29, 0.717) is 0 Å². The number of nitrogens with two attached hydrogens (primary N) is 1. The van der Waals surface area contributed by atoms with Crippen LogP contribution in [-0.4, -0.2) is 35.7 Å². The highest BCUT2D eigenvalue weighted by molar-refractivity contribution is 7.91. The monoisotopic (exact) mass is 338 g/mol. The van der Waals surface area contributed by atoms with E-state index in [9.17, 15) is 21.2 Å². The molecule has 1 unspecified atom stereocenters. The molecule has 1 atom stereocenters. The van der Waals surface area contributed by atoms with E-state index in [2.05, 4.69) is 4.72 Å². The lowest BCUT2D eigenvalue weighted by Crippen LogP contribution is -2.43. The summed E-state index contributed by atoms with van der Waals surface area (Å²) in [5, 5.41) is 0. The van der Waals surface area contributed by atoms with Crippen LogP contribution in [0.5, 0.6) is 0 Å². The normalized spacial score (nSPS) is 14.4. The molecule has 0 bridgehead atoms. The molecular formula is C12H19FN2O4S2. The van der Waals surface area contributed by atoms with Gasteiger partial charge in [-0.25, -0.2) is 25.9 Å². The third-order valence-electron chi connectivity index (χ3n) is 2.99. The Morgan fingerprint density at radius 2 is 1.81 bits per heavy atom. The van der Waals surface area contributed by atoms with E-state index in [0.717, 1.165) is 24.5 Å². The minimum atomic E-state index is -4.20. The van der Waals surface area contributed by atoms with Crippen LogP contribution in [0.15, 0.2) is 28.0 Å². The molecule has 9 heteroatoms. The Bertz CT molecular complexity index is 715. The maximum atomic E-state index is 13.8. The van der Waals surface area contributed by atoms with Gasteiger partial charge in [-0.05, 0) is 24.1 Å². The van der Waals surface area contributed by atoms with Crippen molar-refractivity contribution in [1.29, 1.82) is 0 Å². The van der Waals surface area contributed by atoms with Gasteiger partial charge >= 0.3 is 0 Å². The molecular weight excluding hydrogens is 319 g/mol. The highest BCUT2D eigenvalue weighted by Gasteiger charge is 2.25. The molecule has 0 aromatic heterocycles. The Labute approximate surface area is 124 Å². The largest absolute Gasteiger partial charge is 0.329 e. The standard InChI is InChI=1S/C12H19FN2O4S2/c1-8(2)11(7-14)15-21(18,19)12-6-9(20(3,16)17)4-5-10(12)13/h4-6,8,11,15H,7,14H2,1-3H3. The van der Waals surface area contributed by atoms with Crippen LogP contribution >= 0.6 is 0 Å². The zero-order chi connectivity index (χ0) is 16.4. The van der Waals surface area contributed by atoms with Crippen molar-refractivity contribution < 1.29 is 21.2 Å². The van der Waals surface area contributed by atoms with Gasteiger partial charge in [0, 0.05) is 18.8 Å². The Hall–Kier alpha value is -1.03. The van der Waals surface area contributed by atoms with Crippen molar-refractivity contribution in [3.63, 3.8) is 0 Å². The van der Waals surface area contributed by atoms with E-state index < -0.39 is 36.6 Å². The highest BCUT2D eigenvalue weighted by atomic mass is 32.2. The molecule has 1 rings (SSSR count). The van der Waals surface area contributed by atoms with Crippen LogP contribution in [0.1, 0.15) is 13.8 Å². The van der Waals surface area contributed by atoms with Gasteiger partial charge in [0.05, 0.1) is 4.90 Å². The average Bonchev–Trinajstić information content (AvgIpc) is 2.34. The molecule has 0 heterocycles. The zero-order valence-electron chi connectivity index (χ0n) is 12.0. The summed E-state index contributed by atoms with van der Waals surface area (Å²) in [6.45, 7) is 3.58. The first-order chi connectivity index (χ1) is 9.49. The lowest BCUT2D eigenvalue weighted by Gasteiger charge is -2.20. The summed E-state index contributed by atoms with van der Waals surface area (Å²) in [7, 11) is -7.84. The van der Waals surface area contributed by atoms with Crippen LogP contribution in [0.2, 0.25) is 0 Å². The zero-order valence-corrected chi connectivity index (χ0v) is 13.6. The molecule has 1 aromatic rings. The van der Waals surface area contributed by atoms with E-state index in [1.165, 1.54) is 0 Å². The molecule has 0 amide bonds. The lowest BCUT2D eigenvalue weighted by atomic mass is 10.1. The number of sulfonamides is 1. The van der Waals surface area contributed by atoms with Crippen LogP contribution in [0.25, 0.3) is 0 Å². The number of benzene rings is 1. The van der Waals surface area contributed by atoms with Crippen molar-refractivity contribution in [3.05, 3.63) is 24.0 Å². The topological polar surface area (TPSA) is 106 Å². The molecule has 0 aliphatic carbocycles. The minimum absolute atomic E-state index is 0.0459. The van der Waals surface area contributed by atoms with Crippen LogP contribution in [0, 0.1) is 11.7 Å². The fourth-order valence-corrected chi connectivity index (χ4v) is 3.86. The quantitative estimate of drug-likeness (QED) is 0.734. The van der Waals surface area contributed by atoms with Gasteiger partial charge in [0.15, 0.2) is 9.84 Å². The van der Waals surface area contributed by atoms with E-state index in [-0.39, 0.29) is 17.4 Å². The number of hydrogen-bond acceptors (Lipinski definition) is 5. The molecule has 0 fully saturated rings. The Kier molecular flexibility index (Phi) is 5.48. The molecule has 120 valence electrons.